The summed E-state index contributed by atoms with van der Waals surface area (Å²) in [5.74, 6) is 0.214. The molecule has 1 amide bonds. The van der Waals surface area contributed by atoms with Crippen molar-refractivity contribution in [2.45, 2.75) is 25.8 Å². The van der Waals surface area contributed by atoms with Crippen LogP contribution in [0.25, 0.3) is 0 Å². The van der Waals surface area contributed by atoms with E-state index >= 15 is 0 Å². The maximum absolute atomic E-state index is 12.4. The SMILES string of the molecule is CC1NCCCC1C(=O)N1CCN(S(C)(=O)=O)CC1. The topological polar surface area (TPSA) is 69.7 Å². The van der Waals surface area contributed by atoms with Crippen molar-refractivity contribution in [1.82, 2.24) is 14.5 Å². The average Bonchev–Trinajstić information content (AvgIpc) is 2.38. The second-order valence-electron chi connectivity index (χ2n) is 5.48. The fourth-order valence-corrected chi connectivity index (χ4v) is 3.68. The van der Waals surface area contributed by atoms with E-state index in [4.69, 9.17) is 0 Å². The minimum absolute atomic E-state index is 0.0403. The molecule has 2 heterocycles. The first-order chi connectivity index (χ1) is 8.89. The van der Waals surface area contributed by atoms with Crippen molar-refractivity contribution >= 4 is 15.9 Å². The molecule has 0 bridgehead atoms. The molecule has 2 saturated heterocycles. The van der Waals surface area contributed by atoms with Crippen LogP contribution in [0, 0.1) is 5.92 Å². The summed E-state index contributed by atoms with van der Waals surface area (Å²) < 4.78 is 24.3. The molecule has 0 radical (unpaired) electrons. The van der Waals surface area contributed by atoms with Crippen LogP contribution in [0.3, 0.4) is 0 Å². The molecule has 2 aliphatic heterocycles. The third-order valence-corrected chi connectivity index (χ3v) is 5.40. The van der Waals surface area contributed by atoms with E-state index in [2.05, 4.69) is 12.2 Å². The van der Waals surface area contributed by atoms with E-state index < -0.39 is 10.0 Å². The number of amides is 1. The van der Waals surface area contributed by atoms with E-state index in [1.54, 1.807) is 0 Å². The number of piperazine rings is 1. The van der Waals surface area contributed by atoms with Gasteiger partial charge in [0.15, 0.2) is 0 Å². The zero-order valence-electron chi connectivity index (χ0n) is 11.6. The molecular weight excluding hydrogens is 266 g/mol. The summed E-state index contributed by atoms with van der Waals surface area (Å²) in [6.45, 7) is 4.88. The van der Waals surface area contributed by atoms with E-state index in [9.17, 15) is 13.2 Å². The zero-order chi connectivity index (χ0) is 14.0. The molecular formula is C12H23N3O3S. The summed E-state index contributed by atoms with van der Waals surface area (Å²) in [5, 5.41) is 3.33. The first-order valence-corrected chi connectivity index (χ1v) is 8.71. The van der Waals surface area contributed by atoms with Crippen LogP contribution in [0.2, 0.25) is 0 Å². The lowest BCUT2D eigenvalue weighted by molar-refractivity contribution is -0.138. The maximum Gasteiger partial charge on any atom is 0.227 e. The second-order valence-corrected chi connectivity index (χ2v) is 7.46. The van der Waals surface area contributed by atoms with Gasteiger partial charge in [0.2, 0.25) is 15.9 Å². The first kappa shape index (κ1) is 14.7. The highest BCUT2D eigenvalue weighted by atomic mass is 32.2. The van der Waals surface area contributed by atoms with Crippen LogP contribution < -0.4 is 5.32 Å². The minimum atomic E-state index is -3.13. The van der Waals surface area contributed by atoms with Crippen LogP contribution in [-0.2, 0) is 14.8 Å². The molecule has 0 spiro atoms. The third-order valence-electron chi connectivity index (χ3n) is 4.10. The van der Waals surface area contributed by atoms with Crippen LogP contribution in [-0.4, -0.2) is 68.6 Å². The fraction of sp³-hybridized carbons (Fsp3) is 0.917. The Bertz CT molecular complexity index is 430. The standard InChI is InChI=1S/C12H23N3O3S/c1-10-11(4-3-5-13-10)12(16)14-6-8-15(9-7-14)19(2,17)18/h10-11,13H,3-9H2,1-2H3. The third kappa shape index (κ3) is 3.46. The van der Waals surface area contributed by atoms with E-state index in [1.165, 1.54) is 10.6 Å². The maximum atomic E-state index is 12.4. The van der Waals surface area contributed by atoms with Crippen molar-refractivity contribution in [1.29, 1.82) is 0 Å². The van der Waals surface area contributed by atoms with Gasteiger partial charge in [-0.2, -0.15) is 4.31 Å². The van der Waals surface area contributed by atoms with Gasteiger partial charge in [0.25, 0.3) is 0 Å². The molecule has 6 nitrogen and oxygen atoms in total. The summed E-state index contributed by atoms with van der Waals surface area (Å²) in [5.41, 5.74) is 0. The summed E-state index contributed by atoms with van der Waals surface area (Å²) in [6, 6.07) is 0.217. The number of hydrogen-bond donors (Lipinski definition) is 1. The highest BCUT2D eigenvalue weighted by molar-refractivity contribution is 7.88. The highest BCUT2D eigenvalue weighted by Gasteiger charge is 2.33. The molecule has 0 aliphatic carbocycles. The molecule has 2 atom stereocenters. The van der Waals surface area contributed by atoms with Gasteiger partial charge in [0.05, 0.1) is 12.2 Å². The predicted molar refractivity (Wildman–Crippen MR) is 73.2 cm³/mol. The average molecular weight is 289 g/mol. The molecule has 2 unspecified atom stereocenters. The van der Waals surface area contributed by atoms with Crippen molar-refractivity contribution in [3.63, 3.8) is 0 Å². The number of nitrogens with zero attached hydrogens (tertiary/aromatic N) is 2. The monoisotopic (exact) mass is 289 g/mol. The summed E-state index contributed by atoms with van der Waals surface area (Å²) in [7, 11) is -3.13. The Hall–Kier alpha value is -0.660. The van der Waals surface area contributed by atoms with Gasteiger partial charge in [-0.3, -0.25) is 4.79 Å². The Labute approximate surface area is 115 Å². The number of sulfonamides is 1. The summed E-state index contributed by atoms with van der Waals surface area (Å²) >= 11 is 0. The lowest BCUT2D eigenvalue weighted by Gasteiger charge is -2.38. The van der Waals surface area contributed by atoms with Crippen molar-refractivity contribution in [2.75, 3.05) is 39.0 Å². The Morgan fingerprint density at radius 3 is 2.37 bits per heavy atom. The number of piperidine rings is 1. The van der Waals surface area contributed by atoms with Gasteiger partial charge >= 0.3 is 0 Å². The molecule has 0 aromatic heterocycles. The van der Waals surface area contributed by atoms with Crippen LogP contribution in [0.4, 0.5) is 0 Å². The lowest BCUT2D eigenvalue weighted by atomic mass is 9.90. The number of rotatable bonds is 2. The molecule has 2 rings (SSSR count). The lowest BCUT2D eigenvalue weighted by Crippen LogP contribution is -2.54. The molecule has 0 saturated carbocycles. The molecule has 7 heteroatoms. The van der Waals surface area contributed by atoms with Crippen molar-refractivity contribution in [2.24, 2.45) is 5.92 Å². The summed E-state index contributed by atoms with van der Waals surface area (Å²) in [4.78, 5) is 14.3. The van der Waals surface area contributed by atoms with Gasteiger partial charge in [0, 0.05) is 32.2 Å². The van der Waals surface area contributed by atoms with E-state index in [-0.39, 0.29) is 17.9 Å². The fourth-order valence-electron chi connectivity index (χ4n) is 2.86. The van der Waals surface area contributed by atoms with Gasteiger partial charge in [-0.1, -0.05) is 0 Å². The molecule has 2 fully saturated rings. The summed E-state index contributed by atoms with van der Waals surface area (Å²) in [6.07, 6.45) is 3.18. The zero-order valence-corrected chi connectivity index (χ0v) is 12.4. The highest BCUT2D eigenvalue weighted by Crippen LogP contribution is 2.20. The molecule has 0 aromatic carbocycles. The van der Waals surface area contributed by atoms with E-state index in [0.717, 1.165) is 19.4 Å². The van der Waals surface area contributed by atoms with Crippen molar-refractivity contribution < 1.29 is 13.2 Å². The first-order valence-electron chi connectivity index (χ1n) is 6.87. The number of carbonyl (C=O) groups excluding carboxylic acids is 1. The van der Waals surface area contributed by atoms with Crippen molar-refractivity contribution in [3.8, 4) is 0 Å². The largest absolute Gasteiger partial charge is 0.340 e. The molecule has 0 aromatic rings. The predicted octanol–water partition coefficient (Wildman–Crippen LogP) is -0.522. The van der Waals surface area contributed by atoms with Gasteiger partial charge < -0.3 is 10.2 Å². The van der Waals surface area contributed by atoms with E-state index in [0.29, 0.717) is 26.2 Å². The van der Waals surface area contributed by atoms with Gasteiger partial charge in [0.1, 0.15) is 0 Å². The van der Waals surface area contributed by atoms with Crippen LogP contribution in [0.15, 0.2) is 0 Å². The van der Waals surface area contributed by atoms with Gasteiger partial charge in [-0.05, 0) is 26.3 Å². The van der Waals surface area contributed by atoms with Crippen LogP contribution in [0.5, 0.6) is 0 Å². The molecule has 2 aliphatic rings. The Morgan fingerprint density at radius 1 is 1.21 bits per heavy atom. The van der Waals surface area contributed by atoms with Crippen molar-refractivity contribution in [3.05, 3.63) is 0 Å². The van der Waals surface area contributed by atoms with E-state index in [1.807, 2.05) is 4.90 Å². The Morgan fingerprint density at radius 2 is 1.84 bits per heavy atom. The second kappa shape index (κ2) is 5.76. The molecule has 110 valence electrons. The minimum Gasteiger partial charge on any atom is -0.340 e. The van der Waals surface area contributed by atoms with Crippen LogP contribution in [0.1, 0.15) is 19.8 Å². The Balaban J connectivity index is 1.92. The van der Waals surface area contributed by atoms with Crippen LogP contribution >= 0.6 is 0 Å². The normalized spacial score (nSPS) is 30.3. The number of nitrogens with one attached hydrogen (secondary N) is 1. The Kier molecular flexibility index (Phi) is 4.47. The smallest absolute Gasteiger partial charge is 0.227 e. The quantitative estimate of drug-likeness (QED) is 0.742. The molecule has 19 heavy (non-hydrogen) atoms. The van der Waals surface area contributed by atoms with Gasteiger partial charge in [-0.25, -0.2) is 8.42 Å². The van der Waals surface area contributed by atoms with Gasteiger partial charge in [-0.15, -0.1) is 0 Å². The molecule has 1 N–H and O–H groups in total. The number of hydrogen-bond acceptors (Lipinski definition) is 4. The number of carbonyl (C=O) groups is 1.